The third-order valence-corrected chi connectivity index (χ3v) is 3.34. The number of carboxylic acid groups (broad SMARTS) is 1. The highest BCUT2D eigenvalue weighted by Gasteiger charge is 2.20. The number of carbonyl (C=O) groups is 3. The maximum atomic E-state index is 12.0. The van der Waals surface area contributed by atoms with Gasteiger partial charge in [-0.1, -0.05) is 23.7 Å². The van der Waals surface area contributed by atoms with Crippen LogP contribution in [0.3, 0.4) is 0 Å². The van der Waals surface area contributed by atoms with Gasteiger partial charge in [0.25, 0.3) is 0 Å². The van der Waals surface area contributed by atoms with E-state index in [-0.39, 0.29) is 18.9 Å². The zero-order chi connectivity index (χ0) is 17.4. The van der Waals surface area contributed by atoms with Crippen molar-refractivity contribution >= 4 is 29.4 Å². The molecule has 0 spiro atoms. The Morgan fingerprint density at radius 3 is 2.35 bits per heavy atom. The van der Waals surface area contributed by atoms with Crippen LogP contribution < -0.4 is 10.6 Å². The summed E-state index contributed by atoms with van der Waals surface area (Å²) in [6.45, 7) is 1.20. The second-order valence-electron chi connectivity index (χ2n) is 4.88. The molecule has 1 aromatic carbocycles. The van der Waals surface area contributed by atoms with Crippen LogP contribution in [0.25, 0.3) is 0 Å². The summed E-state index contributed by atoms with van der Waals surface area (Å²) < 4.78 is 4.73. The molecule has 1 rings (SSSR count). The number of halogens is 1. The first-order valence-corrected chi connectivity index (χ1v) is 7.26. The highest BCUT2D eigenvalue weighted by atomic mass is 35.5. The predicted octanol–water partition coefficient (Wildman–Crippen LogP) is 1.12. The number of methoxy groups -OCH3 is 1. The number of hydrogen-bond donors (Lipinski definition) is 3. The lowest BCUT2D eigenvalue weighted by Gasteiger charge is -2.19. The first kappa shape index (κ1) is 18.9. The van der Waals surface area contributed by atoms with E-state index in [1.165, 1.54) is 14.0 Å². The lowest BCUT2D eigenvalue weighted by molar-refractivity contribution is -0.148. The number of hydrogen-bond acceptors (Lipinski definition) is 4. The minimum atomic E-state index is -1.16. The maximum Gasteiger partial charge on any atom is 0.334 e. The topological polar surface area (TPSA) is 105 Å². The molecule has 0 saturated carbocycles. The third-order valence-electron chi connectivity index (χ3n) is 3.08. The molecule has 0 radical (unpaired) electrons. The molecule has 2 atom stereocenters. The number of ether oxygens (including phenoxy) is 1. The number of nitrogens with one attached hydrogen (secondary N) is 2. The van der Waals surface area contributed by atoms with Crippen molar-refractivity contribution < 1.29 is 24.2 Å². The van der Waals surface area contributed by atoms with Crippen LogP contribution >= 0.6 is 11.6 Å². The molecule has 0 aliphatic carbocycles. The van der Waals surface area contributed by atoms with Gasteiger partial charge in [-0.2, -0.15) is 0 Å². The quantitative estimate of drug-likeness (QED) is 0.656. The van der Waals surface area contributed by atoms with E-state index in [1.54, 1.807) is 24.3 Å². The zero-order valence-electron chi connectivity index (χ0n) is 12.8. The van der Waals surface area contributed by atoms with Crippen molar-refractivity contribution in [2.75, 3.05) is 13.7 Å². The fourth-order valence-electron chi connectivity index (χ4n) is 1.93. The van der Waals surface area contributed by atoms with Gasteiger partial charge in [-0.3, -0.25) is 9.59 Å². The monoisotopic (exact) mass is 342 g/mol. The Balaban J connectivity index is 2.69. The number of aliphatic carboxylic acids is 1. The van der Waals surface area contributed by atoms with Crippen molar-refractivity contribution in [1.29, 1.82) is 0 Å². The molecule has 0 bridgehead atoms. The predicted molar refractivity (Wildman–Crippen MR) is 84.1 cm³/mol. The van der Waals surface area contributed by atoms with E-state index in [2.05, 4.69) is 10.6 Å². The van der Waals surface area contributed by atoms with Crippen molar-refractivity contribution in [2.24, 2.45) is 0 Å². The van der Waals surface area contributed by atoms with Crippen molar-refractivity contribution in [3.63, 3.8) is 0 Å². The molecular weight excluding hydrogens is 324 g/mol. The molecule has 3 N–H and O–H groups in total. The Morgan fingerprint density at radius 2 is 1.87 bits per heavy atom. The van der Waals surface area contributed by atoms with Crippen molar-refractivity contribution in [1.82, 2.24) is 10.6 Å². The van der Waals surface area contributed by atoms with Gasteiger partial charge >= 0.3 is 5.97 Å². The van der Waals surface area contributed by atoms with Gasteiger partial charge in [0.05, 0.1) is 19.0 Å². The average Bonchev–Trinajstić information content (AvgIpc) is 2.47. The minimum Gasteiger partial charge on any atom is -0.479 e. The summed E-state index contributed by atoms with van der Waals surface area (Å²) >= 11 is 5.82. The summed E-state index contributed by atoms with van der Waals surface area (Å²) in [6.07, 6.45) is -1.15. The SMILES string of the molecule is COC(CNC(=O)CC(NC(C)=O)c1ccc(Cl)cc1)C(=O)O. The molecular formula is C15H19ClN2O5. The Morgan fingerprint density at radius 1 is 1.26 bits per heavy atom. The molecule has 8 heteroatoms. The Bertz CT molecular complexity index is 561. The van der Waals surface area contributed by atoms with Crippen LogP contribution in [0.4, 0.5) is 0 Å². The molecule has 2 amide bonds. The molecule has 1 aromatic rings. The number of rotatable bonds is 8. The lowest BCUT2D eigenvalue weighted by Crippen LogP contribution is -2.39. The van der Waals surface area contributed by atoms with E-state index < -0.39 is 24.0 Å². The molecule has 23 heavy (non-hydrogen) atoms. The smallest absolute Gasteiger partial charge is 0.334 e. The van der Waals surface area contributed by atoms with Crippen LogP contribution in [0.2, 0.25) is 5.02 Å². The van der Waals surface area contributed by atoms with E-state index in [4.69, 9.17) is 21.4 Å². The molecule has 0 heterocycles. The summed E-state index contributed by atoms with van der Waals surface area (Å²) in [5.41, 5.74) is 0.723. The number of carbonyl (C=O) groups excluding carboxylic acids is 2. The van der Waals surface area contributed by atoms with E-state index in [9.17, 15) is 14.4 Å². The molecule has 0 aliphatic rings. The van der Waals surface area contributed by atoms with Crippen LogP contribution in [0.1, 0.15) is 24.9 Å². The lowest BCUT2D eigenvalue weighted by atomic mass is 10.0. The van der Waals surface area contributed by atoms with Crippen molar-refractivity contribution in [3.05, 3.63) is 34.9 Å². The molecule has 7 nitrogen and oxygen atoms in total. The van der Waals surface area contributed by atoms with Crippen LogP contribution in [0, 0.1) is 0 Å². The van der Waals surface area contributed by atoms with Crippen LogP contribution in [0.15, 0.2) is 24.3 Å². The zero-order valence-corrected chi connectivity index (χ0v) is 13.6. The fraction of sp³-hybridized carbons (Fsp3) is 0.400. The molecule has 0 saturated heterocycles. The average molecular weight is 343 g/mol. The first-order valence-electron chi connectivity index (χ1n) is 6.88. The summed E-state index contributed by atoms with van der Waals surface area (Å²) in [6, 6.07) is 6.22. The third kappa shape index (κ3) is 6.66. The summed E-state index contributed by atoms with van der Waals surface area (Å²) in [5.74, 6) is -1.84. The molecule has 0 aromatic heterocycles. The normalized spacial score (nSPS) is 13.0. The molecule has 0 aliphatic heterocycles. The summed E-state index contributed by atoms with van der Waals surface area (Å²) in [5, 5.41) is 14.5. The number of amides is 2. The van der Waals surface area contributed by atoms with E-state index in [1.807, 2.05) is 0 Å². The highest BCUT2D eigenvalue weighted by molar-refractivity contribution is 6.30. The molecule has 0 fully saturated rings. The van der Waals surface area contributed by atoms with Crippen LogP contribution in [-0.4, -0.2) is 42.6 Å². The first-order chi connectivity index (χ1) is 10.8. The molecule has 126 valence electrons. The highest BCUT2D eigenvalue weighted by Crippen LogP contribution is 2.19. The Kier molecular flexibility index (Phi) is 7.50. The van der Waals surface area contributed by atoms with Gasteiger partial charge in [0, 0.05) is 19.1 Å². The second kappa shape index (κ2) is 9.12. The van der Waals surface area contributed by atoms with Gasteiger partial charge in [0.2, 0.25) is 11.8 Å². The maximum absolute atomic E-state index is 12.0. The fourth-order valence-corrected chi connectivity index (χ4v) is 2.05. The number of carboxylic acids is 1. The van der Waals surface area contributed by atoms with Gasteiger partial charge in [-0.15, -0.1) is 0 Å². The van der Waals surface area contributed by atoms with Gasteiger partial charge < -0.3 is 20.5 Å². The number of benzene rings is 1. The van der Waals surface area contributed by atoms with E-state index >= 15 is 0 Å². The largest absolute Gasteiger partial charge is 0.479 e. The van der Waals surface area contributed by atoms with E-state index in [0.717, 1.165) is 5.56 Å². The second-order valence-corrected chi connectivity index (χ2v) is 5.31. The van der Waals surface area contributed by atoms with Gasteiger partial charge in [0.15, 0.2) is 6.10 Å². The standard InChI is InChI=1S/C15H19ClN2O5/c1-9(19)18-12(10-3-5-11(16)6-4-10)7-14(20)17-8-13(23-2)15(21)22/h3-6,12-13H,7-8H2,1-2H3,(H,17,20)(H,18,19)(H,21,22). The molecule has 2 unspecified atom stereocenters. The minimum absolute atomic E-state index is 0.0305. The van der Waals surface area contributed by atoms with Crippen LogP contribution in [-0.2, 0) is 19.1 Å². The summed E-state index contributed by atoms with van der Waals surface area (Å²) in [7, 11) is 1.25. The van der Waals surface area contributed by atoms with Crippen LogP contribution in [0.5, 0.6) is 0 Å². The van der Waals surface area contributed by atoms with Crippen molar-refractivity contribution in [3.8, 4) is 0 Å². The summed E-state index contributed by atoms with van der Waals surface area (Å²) in [4.78, 5) is 34.1. The van der Waals surface area contributed by atoms with Gasteiger partial charge in [-0.05, 0) is 17.7 Å². The Hall–Kier alpha value is -2.12. The Labute approximate surface area is 139 Å². The van der Waals surface area contributed by atoms with Gasteiger partial charge in [0.1, 0.15) is 0 Å². The van der Waals surface area contributed by atoms with Crippen molar-refractivity contribution in [2.45, 2.75) is 25.5 Å². The van der Waals surface area contributed by atoms with Gasteiger partial charge in [-0.25, -0.2) is 4.79 Å². The van der Waals surface area contributed by atoms with E-state index in [0.29, 0.717) is 5.02 Å².